The Morgan fingerprint density at radius 2 is 0.976 bits per heavy atom. The quantitative estimate of drug-likeness (QED) is 0.230. The van der Waals surface area contributed by atoms with E-state index in [9.17, 15) is 0 Å². The Labute approximate surface area is 237 Å². The molecule has 3 heterocycles. The number of hydrogen-bond acceptors (Lipinski definition) is 5. The predicted octanol–water partition coefficient (Wildman–Crippen LogP) is 8.87. The van der Waals surface area contributed by atoms with Gasteiger partial charge in [0.25, 0.3) is 0 Å². The minimum atomic E-state index is 0.565. The second kappa shape index (κ2) is 9.50. The van der Waals surface area contributed by atoms with Crippen LogP contribution in [0.5, 0.6) is 0 Å². The van der Waals surface area contributed by atoms with Crippen LogP contribution in [-0.4, -0.2) is 19.9 Å². The highest BCUT2D eigenvalue weighted by molar-refractivity contribution is 6.13. The van der Waals surface area contributed by atoms with Gasteiger partial charge in [-0.1, -0.05) is 115 Å². The molecule has 0 atom stereocenters. The zero-order chi connectivity index (χ0) is 27.2. The van der Waals surface area contributed by atoms with Crippen molar-refractivity contribution in [3.05, 3.63) is 140 Å². The van der Waals surface area contributed by atoms with Crippen LogP contribution in [0.4, 0.5) is 17.3 Å². The van der Waals surface area contributed by atoms with Gasteiger partial charge < -0.3 is 0 Å². The van der Waals surface area contributed by atoms with Crippen molar-refractivity contribution in [1.82, 2.24) is 19.9 Å². The number of rotatable bonds is 4. The van der Waals surface area contributed by atoms with Gasteiger partial charge in [-0.3, -0.25) is 4.90 Å². The maximum Gasteiger partial charge on any atom is 0.238 e. The summed E-state index contributed by atoms with van der Waals surface area (Å²) in [4.78, 5) is 22.3. The summed E-state index contributed by atoms with van der Waals surface area (Å²) >= 11 is 0. The van der Waals surface area contributed by atoms with Crippen LogP contribution < -0.4 is 4.90 Å². The van der Waals surface area contributed by atoms with Crippen LogP contribution in [0.2, 0.25) is 0 Å². The van der Waals surface area contributed by atoms with Crippen molar-refractivity contribution in [2.24, 2.45) is 0 Å². The zero-order valence-corrected chi connectivity index (χ0v) is 22.0. The van der Waals surface area contributed by atoms with Crippen LogP contribution in [0.15, 0.2) is 140 Å². The van der Waals surface area contributed by atoms with Crippen molar-refractivity contribution in [3.8, 4) is 45.2 Å². The second-order valence-corrected chi connectivity index (χ2v) is 9.96. The highest BCUT2D eigenvalue weighted by atomic mass is 15.3. The maximum absolute atomic E-state index is 5.10. The molecular formula is C36H23N5. The lowest BCUT2D eigenvalue weighted by Gasteiger charge is -2.32. The molecule has 0 saturated heterocycles. The smallest absolute Gasteiger partial charge is 0.238 e. The Kier molecular flexibility index (Phi) is 5.38. The molecule has 2 aromatic heterocycles. The van der Waals surface area contributed by atoms with Crippen LogP contribution >= 0.6 is 0 Å². The van der Waals surface area contributed by atoms with E-state index < -0.39 is 0 Å². The van der Waals surface area contributed by atoms with Crippen molar-refractivity contribution in [2.75, 3.05) is 4.90 Å². The predicted molar refractivity (Wildman–Crippen MR) is 165 cm³/mol. The molecule has 0 amide bonds. The number of para-hydroxylation sites is 1. The van der Waals surface area contributed by atoms with Crippen LogP contribution in [0.3, 0.4) is 0 Å². The number of pyridine rings is 1. The average Bonchev–Trinajstić information content (AvgIpc) is 3.06. The number of benzene rings is 5. The van der Waals surface area contributed by atoms with Gasteiger partial charge in [-0.15, -0.1) is 0 Å². The molecular weight excluding hydrogens is 502 g/mol. The molecule has 0 N–H and O–H groups in total. The van der Waals surface area contributed by atoms with Crippen molar-refractivity contribution in [1.29, 1.82) is 0 Å². The molecule has 0 fully saturated rings. The topological polar surface area (TPSA) is 54.8 Å². The van der Waals surface area contributed by atoms with E-state index in [2.05, 4.69) is 65.6 Å². The van der Waals surface area contributed by atoms with Gasteiger partial charge in [0.05, 0.1) is 22.6 Å². The molecule has 5 aromatic carbocycles. The summed E-state index contributed by atoms with van der Waals surface area (Å²) in [5, 5.41) is 1.08. The van der Waals surface area contributed by atoms with Gasteiger partial charge in [-0.05, 0) is 29.8 Å². The van der Waals surface area contributed by atoms with Crippen molar-refractivity contribution < 1.29 is 0 Å². The molecule has 1 aliphatic heterocycles. The standard InChI is InChI=1S/C36H23N5/c1-4-13-24(14-5-1)30-23-28-27-19-10-11-21-31(27)41(32-22-12-20-29(37-30)33(28)32)36-39-34(25-15-6-2-7-16-25)38-35(40-36)26-17-8-3-9-18-26/h1-23H. The molecule has 1 aliphatic rings. The van der Waals surface area contributed by atoms with Gasteiger partial charge in [0.2, 0.25) is 5.95 Å². The normalized spacial score (nSPS) is 11.9. The number of nitrogens with zero attached hydrogens (tertiary/aromatic N) is 5. The summed E-state index contributed by atoms with van der Waals surface area (Å²) in [6.45, 7) is 0. The van der Waals surface area contributed by atoms with Crippen LogP contribution in [0, 0.1) is 0 Å². The molecule has 0 bridgehead atoms. The van der Waals surface area contributed by atoms with Gasteiger partial charge in [0.1, 0.15) is 0 Å². The van der Waals surface area contributed by atoms with Crippen molar-refractivity contribution in [2.45, 2.75) is 0 Å². The lowest BCUT2D eigenvalue weighted by atomic mass is 9.92. The summed E-state index contributed by atoms with van der Waals surface area (Å²) in [5.74, 6) is 1.82. The van der Waals surface area contributed by atoms with Gasteiger partial charge >= 0.3 is 0 Å². The minimum Gasteiger partial charge on any atom is -0.278 e. The zero-order valence-electron chi connectivity index (χ0n) is 22.0. The van der Waals surface area contributed by atoms with Gasteiger partial charge in [-0.25, -0.2) is 9.97 Å². The van der Waals surface area contributed by atoms with Crippen molar-refractivity contribution >= 4 is 28.2 Å². The molecule has 5 heteroatoms. The Balaban J connectivity index is 1.41. The first-order valence-corrected chi connectivity index (χ1v) is 13.6. The first-order chi connectivity index (χ1) is 20.3. The van der Waals surface area contributed by atoms with Gasteiger partial charge in [-0.2, -0.15) is 9.97 Å². The van der Waals surface area contributed by atoms with Crippen LogP contribution in [0.1, 0.15) is 0 Å². The first-order valence-electron chi connectivity index (χ1n) is 13.6. The number of anilines is 3. The summed E-state index contributed by atoms with van der Waals surface area (Å²) in [6.07, 6.45) is 0. The van der Waals surface area contributed by atoms with Crippen LogP contribution in [-0.2, 0) is 0 Å². The molecule has 41 heavy (non-hydrogen) atoms. The van der Waals surface area contributed by atoms with E-state index in [4.69, 9.17) is 19.9 Å². The lowest BCUT2D eigenvalue weighted by molar-refractivity contribution is 1.02. The van der Waals surface area contributed by atoms with E-state index in [1.807, 2.05) is 78.9 Å². The van der Waals surface area contributed by atoms with Crippen LogP contribution in [0.25, 0.3) is 56.1 Å². The fraction of sp³-hybridized carbons (Fsp3) is 0. The maximum atomic E-state index is 5.10. The van der Waals surface area contributed by atoms with E-state index in [-0.39, 0.29) is 0 Å². The third kappa shape index (κ3) is 3.95. The summed E-state index contributed by atoms with van der Waals surface area (Å²) < 4.78 is 0. The fourth-order valence-electron chi connectivity index (χ4n) is 5.56. The van der Waals surface area contributed by atoms with E-state index in [0.717, 1.165) is 55.8 Å². The first kappa shape index (κ1) is 23.2. The Morgan fingerprint density at radius 3 is 1.63 bits per heavy atom. The molecule has 0 aliphatic carbocycles. The van der Waals surface area contributed by atoms with E-state index >= 15 is 0 Å². The highest BCUT2D eigenvalue weighted by Gasteiger charge is 2.29. The molecule has 0 spiro atoms. The summed E-state index contributed by atoms with van der Waals surface area (Å²) in [7, 11) is 0. The molecule has 192 valence electrons. The number of hydrogen-bond donors (Lipinski definition) is 0. The third-order valence-corrected chi connectivity index (χ3v) is 7.44. The molecule has 0 unspecified atom stereocenters. The van der Waals surface area contributed by atoms with E-state index in [1.165, 1.54) is 0 Å². The molecule has 5 nitrogen and oxygen atoms in total. The molecule has 7 aromatic rings. The SMILES string of the molecule is c1ccc(-c2cc3c4c(cccc4n2)N(c2nc(-c4ccccc4)nc(-c4ccccc4)n2)c2ccccc2-3)cc1. The van der Waals surface area contributed by atoms with Crippen molar-refractivity contribution in [3.63, 3.8) is 0 Å². The number of fused-ring (bicyclic) bond motifs is 2. The second-order valence-electron chi connectivity index (χ2n) is 9.96. The van der Waals surface area contributed by atoms with E-state index in [1.54, 1.807) is 0 Å². The summed E-state index contributed by atoms with van der Waals surface area (Å²) in [6, 6.07) is 47.4. The molecule has 0 saturated carbocycles. The highest BCUT2D eigenvalue weighted by Crippen LogP contribution is 2.50. The van der Waals surface area contributed by atoms with Gasteiger partial charge in [0, 0.05) is 27.6 Å². The minimum absolute atomic E-state index is 0.565. The Bertz CT molecular complexity index is 1980. The Morgan fingerprint density at radius 1 is 0.415 bits per heavy atom. The molecule has 8 rings (SSSR count). The summed E-state index contributed by atoms with van der Waals surface area (Å²) in [5.41, 5.74) is 9.11. The van der Waals surface area contributed by atoms with Gasteiger partial charge in [0.15, 0.2) is 11.6 Å². The largest absolute Gasteiger partial charge is 0.278 e. The fourth-order valence-corrected chi connectivity index (χ4v) is 5.56. The Hall–Kier alpha value is -5.68. The lowest BCUT2D eigenvalue weighted by Crippen LogP contribution is -2.19. The average molecular weight is 526 g/mol. The number of aromatic nitrogens is 4. The monoisotopic (exact) mass is 525 g/mol. The third-order valence-electron chi connectivity index (χ3n) is 7.44. The molecule has 0 radical (unpaired) electrons. The van der Waals surface area contributed by atoms with E-state index in [0.29, 0.717) is 17.6 Å².